The normalized spacial score (nSPS) is 22.9. The molecule has 14 heteroatoms. The lowest BCUT2D eigenvalue weighted by atomic mass is 9.64. The molecule has 2 aromatic heterocycles. The highest BCUT2D eigenvalue weighted by atomic mass is 16.5. The Morgan fingerprint density at radius 1 is 0.672 bits per heavy atom. The molecule has 1 saturated carbocycles. The minimum absolute atomic E-state index is 0.104. The van der Waals surface area contributed by atoms with Crippen LogP contribution in [-0.2, 0) is 19.1 Å². The summed E-state index contributed by atoms with van der Waals surface area (Å²) in [7, 11) is 2.61. The Balaban J connectivity index is 1.04. The zero-order valence-electron chi connectivity index (χ0n) is 36.4. The highest BCUT2D eigenvalue weighted by molar-refractivity contribution is 5.87. The van der Waals surface area contributed by atoms with E-state index in [2.05, 4.69) is 63.9 Å². The quantitative estimate of drug-likeness (QED) is 0.117. The molecule has 2 aliphatic heterocycles. The van der Waals surface area contributed by atoms with Crippen molar-refractivity contribution in [1.29, 1.82) is 0 Å². The first-order valence-electron chi connectivity index (χ1n) is 22.0. The number of nitrogens with zero attached hydrogens (tertiary/aromatic N) is 4. The van der Waals surface area contributed by atoms with E-state index in [4.69, 9.17) is 19.4 Å². The number of methoxy groups -OCH3 is 2. The van der Waals surface area contributed by atoms with Gasteiger partial charge < -0.3 is 39.9 Å². The van der Waals surface area contributed by atoms with Gasteiger partial charge in [0.15, 0.2) is 0 Å². The lowest BCUT2D eigenvalue weighted by molar-refractivity contribution is -0.136. The van der Waals surface area contributed by atoms with Crippen LogP contribution in [0.15, 0.2) is 48.8 Å². The molecule has 0 spiro atoms. The molecule has 4 amide bonds. The third-order valence-corrected chi connectivity index (χ3v) is 13.6. The summed E-state index contributed by atoms with van der Waals surface area (Å²) >= 11 is 0. The fraction of sp³-hybridized carbons (Fsp3) is 0.532. The minimum atomic E-state index is -0.696. The molecule has 2 aromatic carbocycles. The molecule has 0 unspecified atom stereocenters. The van der Waals surface area contributed by atoms with Crippen LogP contribution in [-0.4, -0.2) is 93.1 Å². The van der Waals surface area contributed by atoms with Gasteiger partial charge in [0.2, 0.25) is 11.8 Å². The SMILES string of the molecule is COC(=O)N[C@H](C(=O)N1CCC[C@H]1c1ncc(-c2ccc(-c3ccc(-c4cnc([C@@H]5C[C@@H](C)CN5C(=O)[C@@H](NC(=O)OC)C(C)C)[nH]4)c4c3C3CCC4CC3)cc2)[nH]1)C(C)C. The maximum absolute atomic E-state index is 13.9. The number of benzene rings is 2. The first kappa shape index (κ1) is 42.0. The van der Waals surface area contributed by atoms with E-state index in [1.54, 1.807) is 0 Å². The lowest BCUT2D eigenvalue weighted by Gasteiger charge is -2.41. The summed E-state index contributed by atoms with van der Waals surface area (Å²) < 4.78 is 9.63. The summed E-state index contributed by atoms with van der Waals surface area (Å²) in [6.45, 7) is 11.0. The Morgan fingerprint density at radius 3 is 1.77 bits per heavy atom. The van der Waals surface area contributed by atoms with E-state index in [9.17, 15) is 19.2 Å². The second-order valence-electron chi connectivity index (χ2n) is 18.2. The van der Waals surface area contributed by atoms with Gasteiger partial charge in [-0.25, -0.2) is 19.6 Å². The number of ether oxygens (including phenoxy) is 2. The van der Waals surface area contributed by atoms with Gasteiger partial charge in [-0.05, 0) is 102 Å². The van der Waals surface area contributed by atoms with Crippen LogP contribution in [0.25, 0.3) is 33.6 Å². The maximum atomic E-state index is 13.9. The number of alkyl carbamates (subject to hydrolysis) is 2. The molecule has 2 bridgehead atoms. The van der Waals surface area contributed by atoms with Crippen LogP contribution in [0.5, 0.6) is 0 Å². The number of likely N-dealkylation sites (tertiary alicyclic amines) is 2. The van der Waals surface area contributed by atoms with E-state index in [0.29, 0.717) is 24.9 Å². The highest BCUT2D eigenvalue weighted by Crippen LogP contribution is 2.55. The van der Waals surface area contributed by atoms with E-state index in [1.807, 2.05) is 49.9 Å². The summed E-state index contributed by atoms with van der Waals surface area (Å²) in [5, 5.41) is 5.48. The van der Waals surface area contributed by atoms with Crippen molar-refractivity contribution in [3.8, 4) is 33.6 Å². The van der Waals surface area contributed by atoms with Gasteiger partial charge in [-0.1, -0.05) is 71.0 Å². The van der Waals surface area contributed by atoms with Crippen molar-refractivity contribution < 1.29 is 28.7 Å². The number of rotatable bonds is 11. The Hall–Kier alpha value is -5.66. The fourth-order valence-electron chi connectivity index (χ4n) is 10.4. The molecule has 9 rings (SSSR count). The first-order valence-corrected chi connectivity index (χ1v) is 22.0. The number of aromatic nitrogens is 4. The van der Waals surface area contributed by atoms with Crippen LogP contribution >= 0.6 is 0 Å². The van der Waals surface area contributed by atoms with Gasteiger partial charge in [-0.3, -0.25) is 9.59 Å². The summed E-state index contributed by atoms with van der Waals surface area (Å²) in [5.41, 5.74) is 9.36. The zero-order chi connectivity index (χ0) is 43.1. The van der Waals surface area contributed by atoms with E-state index < -0.39 is 24.3 Å². The molecular weight excluding hydrogens is 773 g/mol. The number of nitrogens with one attached hydrogen (secondary N) is 4. The van der Waals surface area contributed by atoms with E-state index >= 15 is 0 Å². The second kappa shape index (κ2) is 17.4. The summed E-state index contributed by atoms with van der Waals surface area (Å²) in [5.74, 6) is 2.29. The van der Waals surface area contributed by atoms with Crippen LogP contribution in [0.2, 0.25) is 0 Å². The van der Waals surface area contributed by atoms with E-state index in [0.717, 1.165) is 47.9 Å². The fourth-order valence-corrected chi connectivity index (χ4v) is 10.4. The number of H-pyrrole nitrogens is 2. The molecule has 3 fully saturated rings. The van der Waals surface area contributed by atoms with Crippen molar-refractivity contribution in [2.75, 3.05) is 27.3 Å². The van der Waals surface area contributed by atoms with Crippen molar-refractivity contribution in [3.05, 3.63) is 71.6 Å². The Bertz CT molecular complexity index is 2260. The van der Waals surface area contributed by atoms with Crippen molar-refractivity contribution in [2.45, 2.75) is 116 Å². The molecule has 5 atom stereocenters. The number of imidazole rings is 2. The maximum Gasteiger partial charge on any atom is 0.407 e. The molecule has 4 N–H and O–H groups in total. The zero-order valence-corrected chi connectivity index (χ0v) is 36.4. The number of carbonyl (C=O) groups is 4. The van der Waals surface area contributed by atoms with Crippen molar-refractivity contribution in [3.63, 3.8) is 0 Å². The monoisotopic (exact) mass is 832 g/mol. The van der Waals surface area contributed by atoms with Gasteiger partial charge in [0.05, 0.1) is 50.1 Å². The number of hydrogen-bond donors (Lipinski definition) is 4. The average Bonchev–Trinajstić information content (AvgIpc) is 4.11. The van der Waals surface area contributed by atoms with Crippen LogP contribution in [0, 0.1) is 17.8 Å². The molecule has 0 radical (unpaired) electrons. The molecule has 3 aliphatic carbocycles. The van der Waals surface area contributed by atoms with Gasteiger partial charge in [-0.2, -0.15) is 0 Å². The minimum Gasteiger partial charge on any atom is -0.453 e. The third-order valence-electron chi connectivity index (χ3n) is 13.6. The third kappa shape index (κ3) is 8.13. The smallest absolute Gasteiger partial charge is 0.407 e. The van der Waals surface area contributed by atoms with Gasteiger partial charge in [0.25, 0.3) is 0 Å². The summed E-state index contributed by atoms with van der Waals surface area (Å²) in [4.78, 5) is 72.4. The standard InChI is InChI=1S/C47H60N8O6/c1-25(2)40(52-46(58)60-6)44(56)54-20-8-9-36(54)42-48-22-34(50-42)29-12-10-28(11-13-29)32-18-19-33(39-31-16-14-30(15-17-31)38(32)39)35-23-49-43(51-35)37-21-27(5)24-55(37)45(57)41(26(3)4)53-47(59)61-7/h10-13,18-19,22-23,25-27,30-31,36-37,40-41H,8-9,14-17,20-21,24H2,1-7H3,(H,48,50)(H,49,51)(H,52,58)(H,53,59)/t27-,30?,31?,36+,37+,40+,41+/m1/s1. The first-order chi connectivity index (χ1) is 29.4. The predicted octanol–water partition coefficient (Wildman–Crippen LogP) is 8.22. The van der Waals surface area contributed by atoms with Crippen LogP contribution in [0.3, 0.4) is 0 Å². The van der Waals surface area contributed by atoms with Crippen LogP contribution < -0.4 is 10.6 Å². The van der Waals surface area contributed by atoms with Gasteiger partial charge >= 0.3 is 12.2 Å². The molecule has 4 heterocycles. The van der Waals surface area contributed by atoms with Crippen molar-refractivity contribution >= 4 is 24.0 Å². The topological polar surface area (TPSA) is 175 Å². The van der Waals surface area contributed by atoms with E-state index in [-0.39, 0.29) is 41.7 Å². The number of hydrogen-bond acceptors (Lipinski definition) is 8. The molecule has 61 heavy (non-hydrogen) atoms. The van der Waals surface area contributed by atoms with E-state index in [1.165, 1.54) is 67.7 Å². The largest absolute Gasteiger partial charge is 0.453 e. The lowest BCUT2D eigenvalue weighted by Crippen LogP contribution is -2.51. The summed E-state index contributed by atoms with van der Waals surface area (Å²) in [6, 6.07) is 11.4. The molecule has 14 nitrogen and oxygen atoms in total. The van der Waals surface area contributed by atoms with Crippen LogP contribution in [0.4, 0.5) is 9.59 Å². The molecular formula is C47H60N8O6. The number of aromatic amines is 2. The van der Waals surface area contributed by atoms with Crippen molar-refractivity contribution in [1.82, 2.24) is 40.4 Å². The summed E-state index contributed by atoms with van der Waals surface area (Å²) in [6.07, 6.45) is 9.68. The highest BCUT2D eigenvalue weighted by Gasteiger charge is 2.42. The van der Waals surface area contributed by atoms with Crippen LogP contribution in [0.1, 0.15) is 126 Å². The number of amides is 4. The molecule has 324 valence electrons. The number of fused-ring (bicyclic) bond motifs is 2. The number of carbonyl (C=O) groups excluding carboxylic acids is 4. The molecule has 4 aromatic rings. The molecule has 5 aliphatic rings. The van der Waals surface area contributed by atoms with Gasteiger partial charge in [0, 0.05) is 18.7 Å². The Kier molecular flexibility index (Phi) is 12.0. The van der Waals surface area contributed by atoms with Gasteiger partial charge in [-0.15, -0.1) is 0 Å². The average molecular weight is 833 g/mol. The van der Waals surface area contributed by atoms with Crippen molar-refractivity contribution in [2.24, 2.45) is 17.8 Å². The predicted molar refractivity (Wildman–Crippen MR) is 231 cm³/mol. The van der Waals surface area contributed by atoms with Gasteiger partial charge in [0.1, 0.15) is 23.7 Å². The second-order valence-corrected chi connectivity index (χ2v) is 18.2. The Morgan fingerprint density at radius 2 is 1.18 bits per heavy atom. The molecule has 2 saturated heterocycles. The Labute approximate surface area is 358 Å².